The van der Waals surface area contributed by atoms with E-state index in [4.69, 9.17) is 10.5 Å². The van der Waals surface area contributed by atoms with Crippen LogP contribution in [0.1, 0.15) is 32.6 Å². The zero-order valence-electron chi connectivity index (χ0n) is 12.1. The number of hydrogen-bond acceptors (Lipinski definition) is 4. The first-order valence-corrected chi connectivity index (χ1v) is 7.55. The van der Waals surface area contributed by atoms with Crippen LogP contribution in [0.3, 0.4) is 0 Å². The number of nitrogens with one attached hydrogen (secondary N) is 1. The minimum absolute atomic E-state index is 0.0235. The molecule has 2 amide bonds. The van der Waals surface area contributed by atoms with Crippen LogP contribution in [0.5, 0.6) is 0 Å². The average Bonchev–Trinajstić information content (AvgIpc) is 2.90. The lowest BCUT2D eigenvalue weighted by molar-refractivity contribution is -0.151. The molecule has 3 unspecified atom stereocenters. The summed E-state index contributed by atoms with van der Waals surface area (Å²) in [5.74, 6) is -0.0651. The molecule has 2 aliphatic rings. The highest BCUT2D eigenvalue weighted by atomic mass is 16.5. The van der Waals surface area contributed by atoms with Crippen molar-refractivity contribution in [1.82, 2.24) is 10.2 Å². The Labute approximate surface area is 120 Å². The third-order valence-electron chi connectivity index (χ3n) is 4.09. The third kappa shape index (κ3) is 3.49. The fourth-order valence-electron chi connectivity index (χ4n) is 2.93. The second-order valence-electron chi connectivity index (χ2n) is 5.68. The van der Waals surface area contributed by atoms with Gasteiger partial charge in [-0.2, -0.15) is 0 Å². The van der Waals surface area contributed by atoms with E-state index in [0.717, 1.165) is 25.7 Å². The molecule has 20 heavy (non-hydrogen) atoms. The Morgan fingerprint density at radius 3 is 2.85 bits per heavy atom. The third-order valence-corrected chi connectivity index (χ3v) is 4.09. The predicted octanol–water partition coefficient (Wildman–Crippen LogP) is -0.133. The lowest BCUT2D eigenvalue weighted by Gasteiger charge is -2.36. The lowest BCUT2D eigenvalue weighted by Crippen LogP contribution is -2.57. The number of ether oxygens (including phenoxy) is 1. The van der Waals surface area contributed by atoms with Gasteiger partial charge in [0.2, 0.25) is 11.8 Å². The van der Waals surface area contributed by atoms with Crippen molar-refractivity contribution in [3.63, 3.8) is 0 Å². The number of nitrogens with zero attached hydrogens (tertiary/aromatic N) is 1. The van der Waals surface area contributed by atoms with E-state index in [1.165, 1.54) is 0 Å². The molecule has 6 nitrogen and oxygen atoms in total. The Hall–Kier alpha value is -1.14. The largest absolute Gasteiger partial charge is 0.377 e. The number of nitrogens with two attached hydrogens (primary N) is 1. The highest BCUT2D eigenvalue weighted by Crippen LogP contribution is 2.27. The van der Waals surface area contributed by atoms with Crippen LogP contribution in [0.25, 0.3) is 0 Å². The van der Waals surface area contributed by atoms with Crippen molar-refractivity contribution in [3.8, 4) is 0 Å². The van der Waals surface area contributed by atoms with Crippen molar-refractivity contribution in [1.29, 1.82) is 0 Å². The summed E-state index contributed by atoms with van der Waals surface area (Å²) in [4.78, 5) is 26.4. The van der Waals surface area contributed by atoms with E-state index in [-0.39, 0.29) is 23.8 Å². The van der Waals surface area contributed by atoms with Gasteiger partial charge in [-0.25, -0.2) is 0 Å². The molecular weight excluding hydrogens is 258 g/mol. The average molecular weight is 283 g/mol. The van der Waals surface area contributed by atoms with Gasteiger partial charge in [0.1, 0.15) is 6.04 Å². The molecule has 1 saturated carbocycles. The second kappa shape index (κ2) is 7.04. The van der Waals surface area contributed by atoms with Gasteiger partial charge in [0.25, 0.3) is 0 Å². The van der Waals surface area contributed by atoms with Gasteiger partial charge in [0.15, 0.2) is 0 Å². The number of hydrogen-bond donors (Lipinski definition) is 2. The Balaban J connectivity index is 1.99. The molecule has 1 saturated heterocycles. The van der Waals surface area contributed by atoms with E-state index in [1.54, 1.807) is 4.90 Å². The van der Waals surface area contributed by atoms with E-state index >= 15 is 0 Å². The van der Waals surface area contributed by atoms with Crippen LogP contribution in [-0.4, -0.2) is 55.1 Å². The summed E-state index contributed by atoms with van der Waals surface area (Å²) in [7, 11) is 0. The molecule has 6 heteroatoms. The Bertz CT molecular complexity index is 362. The van der Waals surface area contributed by atoms with Crippen molar-refractivity contribution in [2.24, 2.45) is 11.7 Å². The smallest absolute Gasteiger partial charge is 0.245 e. The summed E-state index contributed by atoms with van der Waals surface area (Å²) in [6.07, 6.45) is 3.35. The molecule has 0 aromatic heterocycles. The SMILES string of the molecule is CCCNC(=O)C1COCCN1C(=O)C1CCC(N)C1. The van der Waals surface area contributed by atoms with Crippen molar-refractivity contribution in [2.45, 2.75) is 44.7 Å². The quantitative estimate of drug-likeness (QED) is 0.752. The van der Waals surface area contributed by atoms with Crippen LogP contribution in [0.4, 0.5) is 0 Å². The molecule has 3 atom stereocenters. The van der Waals surface area contributed by atoms with Crippen molar-refractivity contribution >= 4 is 11.8 Å². The van der Waals surface area contributed by atoms with Gasteiger partial charge in [0.05, 0.1) is 13.2 Å². The minimum atomic E-state index is -0.486. The summed E-state index contributed by atoms with van der Waals surface area (Å²) in [5.41, 5.74) is 5.88. The first-order valence-electron chi connectivity index (χ1n) is 7.55. The van der Waals surface area contributed by atoms with Crippen molar-refractivity contribution in [3.05, 3.63) is 0 Å². The Morgan fingerprint density at radius 1 is 1.40 bits per heavy atom. The fourth-order valence-corrected chi connectivity index (χ4v) is 2.93. The molecule has 3 N–H and O–H groups in total. The highest BCUT2D eigenvalue weighted by molar-refractivity contribution is 5.89. The Kier molecular flexibility index (Phi) is 5.37. The second-order valence-corrected chi connectivity index (χ2v) is 5.68. The summed E-state index contributed by atoms with van der Waals surface area (Å²) in [6.45, 7) is 3.92. The number of carbonyl (C=O) groups excluding carboxylic acids is 2. The molecule has 0 aromatic carbocycles. The van der Waals surface area contributed by atoms with Gasteiger partial charge in [-0.05, 0) is 25.7 Å². The van der Waals surface area contributed by atoms with Gasteiger partial charge >= 0.3 is 0 Å². The summed E-state index contributed by atoms with van der Waals surface area (Å²) in [6, 6.07) is -0.364. The summed E-state index contributed by atoms with van der Waals surface area (Å²) in [5, 5.41) is 2.85. The number of rotatable bonds is 4. The van der Waals surface area contributed by atoms with Crippen LogP contribution in [0.15, 0.2) is 0 Å². The molecule has 1 aliphatic heterocycles. The molecule has 114 valence electrons. The fraction of sp³-hybridized carbons (Fsp3) is 0.857. The van der Waals surface area contributed by atoms with Crippen LogP contribution < -0.4 is 11.1 Å². The Morgan fingerprint density at radius 2 is 2.20 bits per heavy atom. The highest BCUT2D eigenvalue weighted by Gasteiger charge is 2.38. The normalized spacial score (nSPS) is 30.3. The maximum Gasteiger partial charge on any atom is 0.245 e. The zero-order valence-corrected chi connectivity index (χ0v) is 12.1. The van der Waals surface area contributed by atoms with Crippen molar-refractivity contribution < 1.29 is 14.3 Å². The van der Waals surface area contributed by atoms with Gasteiger partial charge in [-0.3, -0.25) is 9.59 Å². The predicted molar refractivity (Wildman–Crippen MR) is 74.9 cm³/mol. The van der Waals surface area contributed by atoms with E-state index in [0.29, 0.717) is 26.3 Å². The van der Waals surface area contributed by atoms with Crippen LogP contribution in [0.2, 0.25) is 0 Å². The monoisotopic (exact) mass is 283 g/mol. The zero-order chi connectivity index (χ0) is 14.5. The molecular formula is C14H25N3O3. The van der Waals surface area contributed by atoms with Crippen LogP contribution in [0, 0.1) is 5.92 Å². The van der Waals surface area contributed by atoms with E-state index < -0.39 is 6.04 Å². The van der Waals surface area contributed by atoms with E-state index in [9.17, 15) is 9.59 Å². The van der Waals surface area contributed by atoms with E-state index in [1.807, 2.05) is 6.92 Å². The molecule has 2 rings (SSSR count). The number of morpholine rings is 1. The van der Waals surface area contributed by atoms with Gasteiger partial charge in [-0.1, -0.05) is 6.92 Å². The lowest BCUT2D eigenvalue weighted by atomic mass is 10.0. The molecule has 0 radical (unpaired) electrons. The van der Waals surface area contributed by atoms with Crippen molar-refractivity contribution in [2.75, 3.05) is 26.3 Å². The standard InChI is InChI=1S/C14H25N3O3/c1-2-5-16-13(18)12-9-20-7-6-17(12)14(19)10-3-4-11(15)8-10/h10-12H,2-9,15H2,1H3,(H,16,18). The van der Waals surface area contributed by atoms with E-state index in [2.05, 4.69) is 5.32 Å². The number of amides is 2. The van der Waals surface area contributed by atoms with Crippen LogP contribution in [-0.2, 0) is 14.3 Å². The summed E-state index contributed by atoms with van der Waals surface area (Å²) < 4.78 is 5.37. The van der Waals surface area contributed by atoms with Gasteiger partial charge in [0, 0.05) is 25.0 Å². The molecule has 0 spiro atoms. The first-order chi connectivity index (χ1) is 9.63. The maximum atomic E-state index is 12.6. The molecule has 2 fully saturated rings. The van der Waals surface area contributed by atoms with Gasteiger partial charge < -0.3 is 20.7 Å². The number of carbonyl (C=O) groups is 2. The topological polar surface area (TPSA) is 84.7 Å². The minimum Gasteiger partial charge on any atom is -0.377 e. The first kappa shape index (κ1) is 15.3. The molecule has 0 bridgehead atoms. The molecule has 1 aliphatic carbocycles. The summed E-state index contributed by atoms with van der Waals surface area (Å²) >= 11 is 0. The molecule has 1 heterocycles. The molecule has 0 aromatic rings. The van der Waals surface area contributed by atoms with Crippen LogP contribution >= 0.6 is 0 Å². The maximum absolute atomic E-state index is 12.6. The van der Waals surface area contributed by atoms with Gasteiger partial charge in [-0.15, -0.1) is 0 Å².